The van der Waals surface area contributed by atoms with Gasteiger partial charge in [0, 0.05) is 13.0 Å². The molecule has 0 saturated carbocycles. The zero-order valence-corrected chi connectivity index (χ0v) is 10.4. The first kappa shape index (κ1) is 12.5. The number of halogens is 1. The Bertz CT molecular complexity index is 340. The van der Waals surface area contributed by atoms with Crippen LogP contribution < -0.4 is 10.6 Å². The van der Waals surface area contributed by atoms with Crippen molar-refractivity contribution in [3.8, 4) is 0 Å². The lowest BCUT2D eigenvalue weighted by Crippen LogP contribution is -2.31. The van der Waals surface area contributed by atoms with Crippen molar-refractivity contribution >= 4 is 33.8 Å². The minimum Gasteiger partial charge on any atom is -0.330 e. The second-order valence-corrected chi connectivity index (χ2v) is 5.15. The molecule has 3 nitrogen and oxygen atoms in total. The van der Waals surface area contributed by atoms with E-state index < -0.39 is 0 Å². The highest BCUT2D eigenvalue weighted by Gasteiger charge is 2.18. The Labute approximate surface area is 98.8 Å². The van der Waals surface area contributed by atoms with E-state index in [1.165, 1.54) is 11.3 Å². The molecule has 0 aliphatic heterocycles. The largest absolute Gasteiger partial charge is 0.330 e. The van der Waals surface area contributed by atoms with Crippen LogP contribution in [0.15, 0.2) is 12.1 Å². The van der Waals surface area contributed by atoms with Gasteiger partial charge in [-0.3, -0.25) is 4.79 Å². The van der Waals surface area contributed by atoms with Crippen LogP contribution in [0.2, 0.25) is 4.34 Å². The van der Waals surface area contributed by atoms with Crippen molar-refractivity contribution in [2.45, 2.75) is 13.3 Å². The molecule has 1 aromatic rings. The van der Waals surface area contributed by atoms with E-state index in [-0.39, 0.29) is 11.8 Å². The summed E-state index contributed by atoms with van der Waals surface area (Å²) in [5.41, 5.74) is 5.42. The number of carbonyl (C=O) groups excluding carboxylic acids is 1. The summed E-state index contributed by atoms with van der Waals surface area (Å²) in [5, 5.41) is 0.869. The average molecular weight is 247 g/mol. The fourth-order valence-electron chi connectivity index (χ4n) is 1.30. The molecule has 0 bridgehead atoms. The molecular weight excluding hydrogens is 232 g/mol. The van der Waals surface area contributed by atoms with Crippen molar-refractivity contribution in [3.63, 3.8) is 0 Å². The highest BCUT2D eigenvalue weighted by molar-refractivity contribution is 7.20. The van der Waals surface area contributed by atoms with Crippen LogP contribution in [0.4, 0.5) is 5.00 Å². The third kappa shape index (κ3) is 3.19. The van der Waals surface area contributed by atoms with Crippen molar-refractivity contribution in [1.29, 1.82) is 0 Å². The molecule has 0 aromatic carbocycles. The zero-order chi connectivity index (χ0) is 11.4. The van der Waals surface area contributed by atoms with Crippen LogP contribution >= 0.6 is 22.9 Å². The molecule has 0 fully saturated rings. The lowest BCUT2D eigenvalue weighted by molar-refractivity contribution is -0.121. The van der Waals surface area contributed by atoms with E-state index in [0.717, 1.165) is 5.00 Å². The molecule has 84 valence electrons. The normalized spacial score (nSPS) is 12.5. The SMILES string of the molecule is CC(CCN)C(=O)N(C)c1ccc(Cl)s1. The van der Waals surface area contributed by atoms with Gasteiger partial charge in [-0.2, -0.15) is 0 Å². The first-order chi connectivity index (χ1) is 7.06. The van der Waals surface area contributed by atoms with Gasteiger partial charge in [0.1, 0.15) is 0 Å². The van der Waals surface area contributed by atoms with Gasteiger partial charge in [0.25, 0.3) is 0 Å². The fraction of sp³-hybridized carbons (Fsp3) is 0.500. The molecule has 1 rings (SSSR count). The van der Waals surface area contributed by atoms with Crippen molar-refractivity contribution in [2.75, 3.05) is 18.5 Å². The Hall–Kier alpha value is -0.580. The van der Waals surface area contributed by atoms with Gasteiger partial charge >= 0.3 is 0 Å². The van der Waals surface area contributed by atoms with Crippen LogP contribution in [-0.2, 0) is 4.79 Å². The van der Waals surface area contributed by atoms with Gasteiger partial charge in [0.05, 0.1) is 9.34 Å². The number of nitrogens with two attached hydrogens (primary N) is 1. The van der Waals surface area contributed by atoms with Gasteiger partial charge in [-0.05, 0) is 25.1 Å². The maximum Gasteiger partial charge on any atom is 0.230 e. The van der Waals surface area contributed by atoms with Crippen molar-refractivity contribution in [2.24, 2.45) is 11.7 Å². The summed E-state index contributed by atoms with van der Waals surface area (Å²) >= 11 is 7.21. The molecule has 0 radical (unpaired) electrons. The Balaban J connectivity index is 2.68. The quantitative estimate of drug-likeness (QED) is 0.887. The second kappa shape index (κ2) is 5.49. The monoisotopic (exact) mass is 246 g/mol. The second-order valence-electron chi connectivity index (χ2n) is 3.45. The lowest BCUT2D eigenvalue weighted by Gasteiger charge is -2.19. The first-order valence-electron chi connectivity index (χ1n) is 4.79. The topological polar surface area (TPSA) is 46.3 Å². The van der Waals surface area contributed by atoms with Gasteiger partial charge in [-0.15, -0.1) is 11.3 Å². The molecule has 0 aliphatic rings. The van der Waals surface area contributed by atoms with Crippen molar-refractivity contribution in [1.82, 2.24) is 0 Å². The molecule has 0 saturated heterocycles. The third-order valence-corrected chi connectivity index (χ3v) is 3.55. The molecular formula is C10H15ClN2OS. The Kier molecular flexibility index (Phi) is 4.57. The molecule has 1 amide bonds. The fourth-order valence-corrected chi connectivity index (χ4v) is 2.30. The molecule has 0 spiro atoms. The smallest absolute Gasteiger partial charge is 0.230 e. The minimum atomic E-state index is -0.0409. The summed E-state index contributed by atoms with van der Waals surface area (Å²) in [5.74, 6) is 0.0415. The maximum atomic E-state index is 11.9. The highest BCUT2D eigenvalue weighted by atomic mass is 35.5. The van der Waals surface area contributed by atoms with Crippen LogP contribution in [0.3, 0.4) is 0 Å². The van der Waals surface area contributed by atoms with Crippen LogP contribution in [0.5, 0.6) is 0 Å². The number of rotatable bonds is 4. The molecule has 1 heterocycles. The summed E-state index contributed by atoms with van der Waals surface area (Å²) in [6.45, 7) is 2.42. The summed E-state index contributed by atoms with van der Waals surface area (Å²) in [6.07, 6.45) is 0.711. The molecule has 0 aliphatic carbocycles. The molecule has 2 N–H and O–H groups in total. The number of amides is 1. The van der Waals surface area contributed by atoms with Crippen molar-refractivity contribution in [3.05, 3.63) is 16.5 Å². The van der Waals surface area contributed by atoms with Gasteiger partial charge < -0.3 is 10.6 Å². The zero-order valence-electron chi connectivity index (χ0n) is 8.87. The van der Waals surface area contributed by atoms with Gasteiger partial charge in [0.2, 0.25) is 5.91 Å². The minimum absolute atomic E-state index is 0.0409. The molecule has 1 unspecified atom stereocenters. The predicted octanol–water partition coefficient (Wildman–Crippen LogP) is 2.35. The van der Waals surface area contributed by atoms with Crippen molar-refractivity contribution < 1.29 is 4.79 Å². The van der Waals surface area contributed by atoms with E-state index in [0.29, 0.717) is 17.3 Å². The van der Waals surface area contributed by atoms with Gasteiger partial charge in [-0.25, -0.2) is 0 Å². The number of thiophene rings is 1. The molecule has 5 heteroatoms. The van der Waals surface area contributed by atoms with Crippen LogP contribution in [0.25, 0.3) is 0 Å². The molecule has 15 heavy (non-hydrogen) atoms. The Morgan fingerprint density at radius 3 is 2.80 bits per heavy atom. The Morgan fingerprint density at radius 2 is 2.33 bits per heavy atom. The van der Waals surface area contributed by atoms with E-state index in [1.807, 2.05) is 13.0 Å². The Morgan fingerprint density at radius 1 is 1.67 bits per heavy atom. The van der Waals surface area contributed by atoms with E-state index in [4.69, 9.17) is 17.3 Å². The van der Waals surface area contributed by atoms with E-state index >= 15 is 0 Å². The van der Waals surface area contributed by atoms with E-state index in [1.54, 1.807) is 18.0 Å². The van der Waals surface area contributed by atoms with Crippen LogP contribution in [0.1, 0.15) is 13.3 Å². The predicted molar refractivity (Wildman–Crippen MR) is 65.6 cm³/mol. The third-order valence-electron chi connectivity index (χ3n) is 2.24. The number of nitrogens with zero attached hydrogens (tertiary/aromatic N) is 1. The number of carbonyl (C=O) groups is 1. The number of hydrogen-bond donors (Lipinski definition) is 1. The first-order valence-corrected chi connectivity index (χ1v) is 5.98. The summed E-state index contributed by atoms with van der Waals surface area (Å²) in [6, 6.07) is 3.64. The molecule has 1 aromatic heterocycles. The van der Waals surface area contributed by atoms with E-state index in [9.17, 15) is 4.79 Å². The van der Waals surface area contributed by atoms with Crippen LogP contribution in [0, 0.1) is 5.92 Å². The average Bonchev–Trinajstić information content (AvgIpc) is 2.63. The highest BCUT2D eigenvalue weighted by Crippen LogP contribution is 2.29. The number of anilines is 1. The van der Waals surface area contributed by atoms with Gasteiger partial charge in [0.15, 0.2) is 0 Å². The molecule has 1 atom stereocenters. The van der Waals surface area contributed by atoms with E-state index in [2.05, 4.69) is 0 Å². The number of hydrogen-bond acceptors (Lipinski definition) is 3. The summed E-state index contributed by atoms with van der Waals surface area (Å²) in [4.78, 5) is 13.5. The summed E-state index contributed by atoms with van der Waals surface area (Å²) < 4.78 is 0.691. The summed E-state index contributed by atoms with van der Waals surface area (Å²) in [7, 11) is 1.76. The van der Waals surface area contributed by atoms with Gasteiger partial charge in [-0.1, -0.05) is 18.5 Å². The maximum absolute atomic E-state index is 11.9. The van der Waals surface area contributed by atoms with Crippen LogP contribution in [-0.4, -0.2) is 19.5 Å². The standard InChI is InChI=1S/C10H15ClN2OS/c1-7(5-6-12)10(14)13(2)9-4-3-8(11)15-9/h3-4,7H,5-6,12H2,1-2H3. The lowest BCUT2D eigenvalue weighted by atomic mass is 10.1.